The molecular formula is C35H68B2N+. The fourth-order valence-corrected chi connectivity index (χ4v) is 10.3. The average Bonchev–Trinajstić information content (AvgIpc) is 2.98. The van der Waals surface area contributed by atoms with Crippen LogP contribution in [0.2, 0.25) is 35.9 Å². The maximum Gasteiger partial charge on any atom is 0.146 e. The molecule has 0 aromatic carbocycles. The van der Waals surface area contributed by atoms with Crippen LogP contribution in [0.15, 0.2) is 0 Å². The summed E-state index contributed by atoms with van der Waals surface area (Å²) in [5.74, 6) is 4.31. The van der Waals surface area contributed by atoms with Gasteiger partial charge in [-0.2, -0.15) is 0 Å². The molecule has 0 amide bonds. The molecule has 0 N–H and O–H groups in total. The first-order valence-corrected chi connectivity index (χ1v) is 18.5. The van der Waals surface area contributed by atoms with Crippen molar-refractivity contribution in [2.75, 3.05) is 26.7 Å². The Kier molecular flexibility index (Phi) is 14.0. The van der Waals surface area contributed by atoms with E-state index in [0.717, 1.165) is 36.7 Å². The summed E-state index contributed by atoms with van der Waals surface area (Å²) >= 11 is 0. The van der Waals surface area contributed by atoms with Crippen molar-refractivity contribution in [3.05, 3.63) is 0 Å². The van der Waals surface area contributed by atoms with Crippen LogP contribution >= 0.6 is 0 Å². The van der Waals surface area contributed by atoms with E-state index in [1.165, 1.54) is 127 Å². The van der Waals surface area contributed by atoms with Crippen LogP contribution in [0.3, 0.4) is 0 Å². The minimum atomic E-state index is 1.07. The van der Waals surface area contributed by atoms with Gasteiger partial charge in [0.15, 0.2) is 0 Å². The molecule has 4 rings (SSSR count). The number of unbranched alkanes of at least 4 members (excludes halogenated alkanes) is 1. The molecule has 1 nitrogen and oxygen atoms in total. The fraction of sp³-hybridized carbons (Fsp3) is 1.00. The van der Waals surface area contributed by atoms with Gasteiger partial charge < -0.3 is 4.48 Å². The second-order valence-electron chi connectivity index (χ2n) is 15.3. The monoisotopic (exact) mass is 525 g/mol. The molecule has 0 heterocycles. The zero-order chi connectivity index (χ0) is 26.5. The SMILES string of the molecule is CCCC[N+](C)(CCCB(C1CCCCC1)C1CCCCC1)CCCB(C1CCCCC1)C1CCCCC1. The van der Waals surface area contributed by atoms with Crippen LogP contribution in [0.4, 0.5) is 0 Å². The minimum absolute atomic E-state index is 1.07. The van der Waals surface area contributed by atoms with Crippen LogP contribution in [-0.4, -0.2) is 44.6 Å². The van der Waals surface area contributed by atoms with Crippen molar-refractivity contribution in [1.29, 1.82) is 0 Å². The smallest absolute Gasteiger partial charge is 0.146 e. The lowest BCUT2D eigenvalue weighted by molar-refractivity contribution is -0.909. The first kappa shape index (κ1) is 31.0. The summed E-state index contributed by atoms with van der Waals surface area (Å²) in [4.78, 5) is 0. The maximum atomic E-state index is 2.67. The Morgan fingerprint density at radius 3 is 1.03 bits per heavy atom. The van der Waals surface area contributed by atoms with E-state index in [4.69, 9.17) is 0 Å². The lowest BCUT2D eigenvalue weighted by Gasteiger charge is -2.39. The van der Waals surface area contributed by atoms with Gasteiger partial charge in [-0.1, -0.05) is 178 Å². The van der Waals surface area contributed by atoms with Crippen molar-refractivity contribution in [2.45, 2.75) is 197 Å². The fourth-order valence-electron chi connectivity index (χ4n) is 10.3. The maximum absolute atomic E-state index is 2.67. The zero-order valence-electron chi connectivity index (χ0n) is 26.4. The van der Waals surface area contributed by atoms with Gasteiger partial charge in [0.2, 0.25) is 0 Å². The number of nitrogens with zero attached hydrogens (tertiary/aromatic N) is 1. The highest BCUT2D eigenvalue weighted by atomic mass is 15.3. The highest BCUT2D eigenvalue weighted by Crippen LogP contribution is 2.45. The minimum Gasteiger partial charge on any atom is -0.326 e. The van der Waals surface area contributed by atoms with Gasteiger partial charge in [-0.25, -0.2) is 0 Å². The second-order valence-corrected chi connectivity index (χ2v) is 15.3. The molecule has 4 aliphatic rings. The van der Waals surface area contributed by atoms with E-state index >= 15 is 0 Å². The topological polar surface area (TPSA) is 0 Å². The van der Waals surface area contributed by atoms with Crippen LogP contribution in [0.25, 0.3) is 0 Å². The summed E-state index contributed by atoms with van der Waals surface area (Å²) in [6, 6.07) is 0. The molecular weight excluding hydrogens is 456 g/mol. The van der Waals surface area contributed by atoms with Gasteiger partial charge in [-0.05, 0) is 19.3 Å². The first-order chi connectivity index (χ1) is 18.7. The molecule has 0 atom stereocenters. The Morgan fingerprint density at radius 1 is 0.447 bits per heavy atom. The molecule has 3 heteroatoms. The summed E-state index contributed by atoms with van der Waals surface area (Å²) in [5.41, 5.74) is 0. The summed E-state index contributed by atoms with van der Waals surface area (Å²) < 4.78 is 1.39. The van der Waals surface area contributed by atoms with Crippen molar-refractivity contribution in [1.82, 2.24) is 0 Å². The standard InChI is InChI=1S/C35H68B2N/c1-3-4-29-38(2,30-17-27-36(32-19-9-5-10-20-32)33-21-11-6-12-22-33)31-18-28-37(34-23-13-7-14-24-34)35-25-15-8-16-26-35/h32-35H,3-31H2,1-2H3/q+1. The van der Waals surface area contributed by atoms with Crippen molar-refractivity contribution in [3.8, 4) is 0 Å². The Morgan fingerprint density at radius 2 is 0.737 bits per heavy atom. The predicted molar refractivity (Wildman–Crippen MR) is 173 cm³/mol. The molecule has 0 unspecified atom stereocenters. The summed E-state index contributed by atoms with van der Waals surface area (Å²) in [5, 5.41) is 0. The summed E-state index contributed by atoms with van der Waals surface area (Å²) in [7, 11) is 2.67. The van der Waals surface area contributed by atoms with E-state index in [1.807, 2.05) is 0 Å². The van der Waals surface area contributed by atoms with Gasteiger partial charge in [-0.15, -0.1) is 0 Å². The molecule has 0 aliphatic heterocycles. The Labute approximate surface area is 241 Å². The van der Waals surface area contributed by atoms with Crippen LogP contribution in [0.1, 0.15) is 161 Å². The van der Waals surface area contributed by atoms with Crippen LogP contribution in [-0.2, 0) is 0 Å². The third-order valence-corrected chi connectivity index (χ3v) is 12.5. The summed E-state index contributed by atoms with van der Waals surface area (Å²) in [6.07, 6.45) is 39.7. The molecule has 0 aromatic heterocycles. The highest BCUT2D eigenvalue weighted by molar-refractivity contribution is 6.62. The predicted octanol–water partition coefficient (Wildman–Crippen LogP) is 11.3. The summed E-state index contributed by atoms with van der Waals surface area (Å²) in [6.45, 7) is 8.91. The number of hydrogen-bond donors (Lipinski definition) is 0. The molecule has 38 heavy (non-hydrogen) atoms. The zero-order valence-corrected chi connectivity index (χ0v) is 26.4. The third-order valence-electron chi connectivity index (χ3n) is 12.5. The third kappa shape index (κ3) is 9.87. The molecule has 0 bridgehead atoms. The van der Waals surface area contributed by atoms with Gasteiger partial charge in [0.25, 0.3) is 0 Å². The first-order valence-electron chi connectivity index (χ1n) is 18.5. The average molecular weight is 525 g/mol. The molecule has 218 valence electrons. The van der Waals surface area contributed by atoms with E-state index in [2.05, 4.69) is 14.0 Å². The highest BCUT2D eigenvalue weighted by Gasteiger charge is 2.36. The van der Waals surface area contributed by atoms with Gasteiger partial charge in [-0.3, -0.25) is 0 Å². The molecule has 4 saturated carbocycles. The van der Waals surface area contributed by atoms with Crippen molar-refractivity contribution < 1.29 is 4.48 Å². The van der Waals surface area contributed by atoms with Crippen molar-refractivity contribution in [2.24, 2.45) is 0 Å². The number of quaternary nitrogens is 1. The Hall–Kier alpha value is 0.0899. The molecule has 0 aromatic rings. The van der Waals surface area contributed by atoms with Crippen molar-refractivity contribution in [3.63, 3.8) is 0 Å². The lowest BCUT2D eigenvalue weighted by atomic mass is 9.28. The number of rotatable bonds is 15. The van der Waals surface area contributed by atoms with Crippen molar-refractivity contribution >= 4 is 13.4 Å². The molecule has 0 spiro atoms. The van der Waals surface area contributed by atoms with Gasteiger partial charge >= 0.3 is 0 Å². The molecule has 0 radical (unpaired) electrons. The lowest BCUT2D eigenvalue weighted by Crippen LogP contribution is -2.47. The van der Waals surface area contributed by atoms with E-state index in [-0.39, 0.29) is 0 Å². The molecule has 0 saturated heterocycles. The Balaban J connectivity index is 1.31. The van der Waals surface area contributed by atoms with E-state index in [1.54, 1.807) is 64.0 Å². The van der Waals surface area contributed by atoms with Crippen LogP contribution in [0, 0.1) is 0 Å². The number of hydrogen-bond acceptors (Lipinski definition) is 0. The van der Waals surface area contributed by atoms with E-state index < -0.39 is 0 Å². The Bertz CT molecular complexity index is 517. The van der Waals surface area contributed by atoms with Gasteiger partial charge in [0.1, 0.15) is 13.4 Å². The van der Waals surface area contributed by atoms with Crippen LogP contribution in [0.5, 0.6) is 0 Å². The second kappa shape index (κ2) is 17.1. The normalized spacial score (nSPS) is 23.5. The van der Waals surface area contributed by atoms with E-state index in [9.17, 15) is 0 Å². The van der Waals surface area contributed by atoms with Gasteiger partial charge in [0, 0.05) is 0 Å². The van der Waals surface area contributed by atoms with Crippen LogP contribution < -0.4 is 0 Å². The molecule has 4 fully saturated rings. The quantitative estimate of drug-likeness (QED) is 0.148. The largest absolute Gasteiger partial charge is 0.326 e. The molecule has 4 aliphatic carbocycles. The van der Waals surface area contributed by atoms with E-state index in [0.29, 0.717) is 0 Å². The van der Waals surface area contributed by atoms with Gasteiger partial charge in [0.05, 0.1) is 26.7 Å².